The van der Waals surface area contributed by atoms with E-state index in [1.807, 2.05) is 30.1 Å². The van der Waals surface area contributed by atoms with Gasteiger partial charge in [-0.15, -0.1) is 0 Å². The summed E-state index contributed by atoms with van der Waals surface area (Å²) in [5, 5.41) is 22.4. The third-order valence-electron chi connectivity index (χ3n) is 4.97. The molecule has 0 amide bonds. The average Bonchev–Trinajstić information content (AvgIpc) is 3.33. The van der Waals surface area contributed by atoms with Crippen LogP contribution in [0.5, 0.6) is 0 Å². The number of rotatable bonds is 5. The van der Waals surface area contributed by atoms with Crippen molar-refractivity contribution in [2.75, 3.05) is 7.05 Å². The lowest BCUT2D eigenvalue weighted by Crippen LogP contribution is -2.24. The van der Waals surface area contributed by atoms with Crippen LogP contribution in [0.15, 0.2) is 59.1 Å². The number of aromatic nitrogens is 1. The molecule has 9 heteroatoms. The molecule has 4 rings (SSSR count). The molecule has 0 spiro atoms. The maximum atomic E-state index is 11.4. The zero-order valence-corrected chi connectivity index (χ0v) is 16.6. The van der Waals surface area contributed by atoms with Gasteiger partial charge in [0.15, 0.2) is 5.11 Å². The van der Waals surface area contributed by atoms with Crippen molar-refractivity contribution in [3.05, 3.63) is 77.3 Å². The van der Waals surface area contributed by atoms with E-state index >= 15 is 0 Å². The Kier molecular flexibility index (Phi) is 4.96. The first-order valence-electron chi connectivity index (χ1n) is 9.01. The van der Waals surface area contributed by atoms with Crippen molar-refractivity contribution in [1.29, 1.82) is 0 Å². The Balaban J connectivity index is 1.74. The number of pyridine rings is 1. The van der Waals surface area contributed by atoms with Crippen molar-refractivity contribution in [3.8, 4) is 11.3 Å². The van der Waals surface area contributed by atoms with E-state index in [9.17, 15) is 19.8 Å². The molecule has 3 heterocycles. The summed E-state index contributed by atoms with van der Waals surface area (Å²) in [6.07, 6.45) is 1.70. The van der Waals surface area contributed by atoms with Crippen molar-refractivity contribution in [2.45, 2.75) is 12.1 Å². The molecule has 0 saturated carbocycles. The summed E-state index contributed by atoms with van der Waals surface area (Å²) in [5.74, 6) is -1.48. The minimum Gasteiger partial charge on any atom is -0.478 e. The van der Waals surface area contributed by atoms with E-state index in [0.717, 1.165) is 11.8 Å². The van der Waals surface area contributed by atoms with E-state index in [1.54, 1.807) is 18.3 Å². The van der Waals surface area contributed by atoms with E-state index in [1.165, 1.54) is 12.1 Å². The number of nitrogens with one attached hydrogen (secondary N) is 1. The number of hydrogen-bond donors (Lipinski definition) is 3. The van der Waals surface area contributed by atoms with Crippen LogP contribution < -0.4 is 5.32 Å². The summed E-state index contributed by atoms with van der Waals surface area (Å²) in [6, 6.07) is 12.4. The van der Waals surface area contributed by atoms with E-state index in [0.29, 0.717) is 22.2 Å². The average molecular weight is 423 g/mol. The Hall–Kier alpha value is -3.72. The zero-order valence-electron chi connectivity index (χ0n) is 15.8. The summed E-state index contributed by atoms with van der Waals surface area (Å²) >= 11 is 5.40. The number of aromatic carboxylic acids is 2. The van der Waals surface area contributed by atoms with Gasteiger partial charge in [-0.2, -0.15) is 0 Å². The number of thiocarbonyl (C=S) groups is 1. The van der Waals surface area contributed by atoms with E-state index in [4.69, 9.17) is 16.6 Å². The summed E-state index contributed by atoms with van der Waals surface area (Å²) in [6.45, 7) is 0. The first-order chi connectivity index (χ1) is 14.3. The normalized spacial score (nSPS) is 18.3. The number of carboxylic acid groups (broad SMARTS) is 2. The zero-order chi connectivity index (χ0) is 21.4. The molecule has 2 atom stereocenters. The van der Waals surface area contributed by atoms with E-state index in [2.05, 4.69) is 10.3 Å². The Morgan fingerprint density at radius 2 is 1.80 bits per heavy atom. The first-order valence-corrected chi connectivity index (χ1v) is 9.42. The summed E-state index contributed by atoms with van der Waals surface area (Å²) in [7, 11) is 1.85. The van der Waals surface area contributed by atoms with Gasteiger partial charge in [-0.1, -0.05) is 6.07 Å². The third kappa shape index (κ3) is 3.50. The quantitative estimate of drug-likeness (QED) is 0.531. The Bertz CT molecular complexity index is 1110. The number of carboxylic acids is 2. The standard InChI is InChI=1S/C21H17N3O5S/c1-24-18(17(23-21(24)30)14-4-2-3-7-22-14)16-6-5-15(29-16)11-8-12(19(25)26)10-13(9-11)20(27)28/h2-10,17-18H,1H3,(H,23,30)(H,25,26)(H,27,28)/t17-,18+/m1/s1. The van der Waals surface area contributed by atoms with Gasteiger partial charge in [-0.25, -0.2) is 9.59 Å². The van der Waals surface area contributed by atoms with Gasteiger partial charge in [-0.05, 0) is 54.7 Å². The second-order valence-electron chi connectivity index (χ2n) is 6.85. The van der Waals surface area contributed by atoms with Crippen LogP contribution in [0.25, 0.3) is 11.3 Å². The molecule has 152 valence electrons. The van der Waals surface area contributed by atoms with Gasteiger partial charge < -0.3 is 24.8 Å². The Labute approximate surface area is 176 Å². The predicted octanol–water partition coefficient (Wildman–Crippen LogP) is 3.34. The van der Waals surface area contributed by atoms with Gasteiger partial charge in [0.05, 0.1) is 22.9 Å². The molecule has 1 aliphatic heterocycles. The van der Waals surface area contributed by atoms with Crippen molar-refractivity contribution in [2.24, 2.45) is 0 Å². The van der Waals surface area contributed by atoms with Gasteiger partial charge >= 0.3 is 11.9 Å². The fourth-order valence-corrected chi connectivity index (χ4v) is 3.74. The highest BCUT2D eigenvalue weighted by Gasteiger charge is 2.39. The number of carbonyl (C=O) groups is 2. The van der Waals surface area contributed by atoms with Gasteiger partial charge in [0.25, 0.3) is 0 Å². The minimum absolute atomic E-state index is 0.130. The monoisotopic (exact) mass is 423 g/mol. The summed E-state index contributed by atoms with van der Waals surface area (Å²) < 4.78 is 6.04. The van der Waals surface area contributed by atoms with Crippen LogP contribution in [0.3, 0.4) is 0 Å². The van der Waals surface area contributed by atoms with Crippen LogP contribution in [0, 0.1) is 0 Å². The van der Waals surface area contributed by atoms with E-state index < -0.39 is 11.9 Å². The molecule has 3 N–H and O–H groups in total. The minimum atomic E-state index is -1.22. The fraction of sp³-hybridized carbons (Fsp3) is 0.143. The molecule has 1 aliphatic rings. The SMILES string of the molecule is CN1C(=S)N[C@H](c2ccccn2)[C@@H]1c1ccc(-c2cc(C(=O)O)cc(C(=O)O)c2)o1. The lowest BCUT2D eigenvalue weighted by atomic mass is 10.0. The second-order valence-corrected chi connectivity index (χ2v) is 7.24. The number of furan rings is 1. The number of hydrogen-bond acceptors (Lipinski definition) is 5. The van der Waals surface area contributed by atoms with Crippen LogP contribution in [0.1, 0.15) is 44.3 Å². The lowest BCUT2D eigenvalue weighted by molar-refractivity contribution is 0.0696. The molecular formula is C21H17N3O5S. The van der Waals surface area contributed by atoms with Crippen LogP contribution in [0.2, 0.25) is 0 Å². The van der Waals surface area contributed by atoms with Crippen molar-refractivity contribution < 1.29 is 24.2 Å². The molecule has 8 nitrogen and oxygen atoms in total. The highest BCUT2D eigenvalue weighted by molar-refractivity contribution is 7.80. The van der Waals surface area contributed by atoms with Gasteiger partial charge in [0.2, 0.25) is 0 Å². The maximum Gasteiger partial charge on any atom is 0.335 e. The van der Waals surface area contributed by atoms with Crippen LogP contribution in [0.4, 0.5) is 0 Å². The second kappa shape index (κ2) is 7.60. The molecule has 0 unspecified atom stereocenters. The number of benzene rings is 1. The topological polar surface area (TPSA) is 116 Å². The lowest BCUT2D eigenvalue weighted by Gasteiger charge is -2.21. The number of likely N-dealkylation sites (N-methyl/N-ethyl adjacent to an activating group) is 1. The maximum absolute atomic E-state index is 11.4. The fourth-order valence-electron chi connectivity index (χ4n) is 3.50. The van der Waals surface area contributed by atoms with Crippen LogP contribution >= 0.6 is 12.2 Å². The van der Waals surface area contributed by atoms with Gasteiger partial charge in [0, 0.05) is 18.8 Å². The van der Waals surface area contributed by atoms with Crippen LogP contribution in [-0.2, 0) is 0 Å². The van der Waals surface area contributed by atoms with Crippen molar-refractivity contribution in [1.82, 2.24) is 15.2 Å². The number of nitrogens with zero attached hydrogens (tertiary/aromatic N) is 2. The van der Waals surface area contributed by atoms with Crippen molar-refractivity contribution in [3.63, 3.8) is 0 Å². The molecule has 0 bridgehead atoms. The molecule has 30 heavy (non-hydrogen) atoms. The Morgan fingerprint density at radius 3 is 2.40 bits per heavy atom. The van der Waals surface area contributed by atoms with Gasteiger partial charge in [0.1, 0.15) is 17.6 Å². The molecule has 0 radical (unpaired) electrons. The smallest absolute Gasteiger partial charge is 0.335 e. The van der Waals surface area contributed by atoms with Crippen molar-refractivity contribution >= 4 is 29.3 Å². The molecule has 2 aromatic heterocycles. The molecule has 1 aromatic carbocycles. The predicted molar refractivity (Wildman–Crippen MR) is 111 cm³/mol. The molecule has 1 saturated heterocycles. The molecule has 3 aromatic rings. The third-order valence-corrected chi connectivity index (χ3v) is 5.37. The summed E-state index contributed by atoms with van der Waals surface area (Å²) in [4.78, 5) is 29.1. The first kappa shape index (κ1) is 19.6. The van der Waals surface area contributed by atoms with Crippen LogP contribution in [-0.4, -0.2) is 44.2 Å². The molecular weight excluding hydrogens is 406 g/mol. The molecule has 1 fully saturated rings. The Morgan fingerprint density at radius 1 is 1.10 bits per heavy atom. The van der Waals surface area contributed by atoms with Gasteiger partial charge in [-0.3, -0.25) is 4.98 Å². The highest BCUT2D eigenvalue weighted by atomic mass is 32.1. The van der Waals surface area contributed by atoms with E-state index in [-0.39, 0.29) is 23.2 Å². The highest BCUT2D eigenvalue weighted by Crippen LogP contribution is 2.39. The summed E-state index contributed by atoms with van der Waals surface area (Å²) in [5.41, 5.74) is 0.905. The largest absolute Gasteiger partial charge is 0.478 e. The molecule has 0 aliphatic carbocycles.